The number of imide groups is 1. The molecule has 1 aliphatic rings. The second kappa shape index (κ2) is 4.82. The molecule has 0 saturated heterocycles. The first-order valence-electron chi connectivity index (χ1n) is 7.26. The molecule has 0 atom stereocenters. The number of nitrogens with one attached hydrogen (secondary N) is 1. The van der Waals surface area contributed by atoms with Gasteiger partial charge in [-0.3, -0.25) is 9.59 Å². The monoisotopic (exact) mass is 324 g/mol. The highest BCUT2D eigenvalue weighted by atomic mass is 16.7. The lowest BCUT2D eigenvalue weighted by Gasteiger charge is -2.11. The van der Waals surface area contributed by atoms with Gasteiger partial charge < -0.3 is 14.2 Å². The van der Waals surface area contributed by atoms with E-state index in [9.17, 15) is 14.4 Å². The molecular formula is C17H12N2O5. The molecule has 0 unspecified atom stereocenters. The van der Waals surface area contributed by atoms with E-state index in [2.05, 4.69) is 4.98 Å². The number of aromatic amines is 1. The lowest BCUT2D eigenvalue weighted by Crippen LogP contribution is -2.32. The van der Waals surface area contributed by atoms with Gasteiger partial charge in [0.1, 0.15) is 11.5 Å². The van der Waals surface area contributed by atoms with Crippen LogP contribution in [0.2, 0.25) is 0 Å². The normalized spacial score (nSPS) is 13.7. The number of carbonyl (C=O) groups is 3. The van der Waals surface area contributed by atoms with Crippen LogP contribution in [-0.2, 0) is 4.84 Å². The summed E-state index contributed by atoms with van der Waals surface area (Å²) in [4.78, 5) is 44.5. The van der Waals surface area contributed by atoms with Crippen molar-refractivity contribution in [2.45, 2.75) is 13.8 Å². The van der Waals surface area contributed by atoms with Gasteiger partial charge in [-0.1, -0.05) is 17.2 Å². The fourth-order valence-electron chi connectivity index (χ4n) is 2.70. The second-order valence-corrected chi connectivity index (χ2v) is 5.53. The maximum absolute atomic E-state index is 12.3. The Morgan fingerprint density at radius 2 is 1.75 bits per heavy atom. The van der Waals surface area contributed by atoms with Crippen molar-refractivity contribution in [1.29, 1.82) is 0 Å². The van der Waals surface area contributed by atoms with Crippen molar-refractivity contribution in [1.82, 2.24) is 10.0 Å². The van der Waals surface area contributed by atoms with Gasteiger partial charge in [0.05, 0.1) is 16.6 Å². The van der Waals surface area contributed by atoms with Crippen molar-refractivity contribution in [3.8, 4) is 0 Å². The van der Waals surface area contributed by atoms with Gasteiger partial charge in [-0.25, -0.2) is 4.79 Å². The second-order valence-electron chi connectivity index (χ2n) is 5.53. The lowest BCUT2D eigenvalue weighted by atomic mass is 10.1. The van der Waals surface area contributed by atoms with Crippen molar-refractivity contribution in [3.05, 3.63) is 58.5 Å². The van der Waals surface area contributed by atoms with Crippen LogP contribution in [-0.4, -0.2) is 27.8 Å². The Balaban J connectivity index is 1.62. The molecule has 0 bridgehead atoms. The van der Waals surface area contributed by atoms with Gasteiger partial charge in [0.15, 0.2) is 5.58 Å². The minimum Gasteiger partial charge on any atom is -0.459 e. The highest BCUT2D eigenvalue weighted by molar-refractivity contribution is 6.21. The first-order valence-corrected chi connectivity index (χ1v) is 7.26. The van der Waals surface area contributed by atoms with Gasteiger partial charge in [-0.05, 0) is 26.0 Å². The van der Waals surface area contributed by atoms with Crippen LogP contribution >= 0.6 is 0 Å². The first kappa shape index (κ1) is 14.3. The van der Waals surface area contributed by atoms with Crippen LogP contribution in [0, 0.1) is 13.8 Å². The van der Waals surface area contributed by atoms with E-state index in [-0.39, 0.29) is 16.8 Å². The van der Waals surface area contributed by atoms with Gasteiger partial charge in [0.25, 0.3) is 11.8 Å². The zero-order valence-electron chi connectivity index (χ0n) is 12.9. The van der Waals surface area contributed by atoms with Gasteiger partial charge >= 0.3 is 5.97 Å². The number of furan rings is 1. The molecule has 1 N–H and O–H groups in total. The van der Waals surface area contributed by atoms with Crippen LogP contribution in [0.3, 0.4) is 0 Å². The Hall–Kier alpha value is -3.35. The molecule has 1 aliphatic heterocycles. The minimum absolute atomic E-state index is 0.100. The molecular weight excluding hydrogens is 312 g/mol. The highest BCUT2D eigenvalue weighted by Crippen LogP contribution is 2.27. The largest absolute Gasteiger partial charge is 0.459 e. The topological polar surface area (TPSA) is 92.6 Å². The summed E-state index contributed by atoms with van der Waals surface area (Å²) in [5, 5.41) is 0.480. The zero-order valence-corrected chi connectivity index (χ0v) is 12.9. The number of fused-ring (bicyclic) bond motifs is 2. The summed E-state index contributed by atoms with van der Waals surface area (Å²) in [5.41, 5.74) is 2.60. The van der Waals surface area contributed by atoms with Crippen molar-refractivity contribution < 1.29 is 23.6 Å². The molecule has 4 rings (SSSR count). The zero-order chi connectivity index (χ0) is 17.0. The number of aryl methyl sites for hydroxylation is 2. The molecule has 24 heavy (non-hydrogen) atoms. The van der Waals surface area contributed by atoms with Crippen LogP contribution in [0.1, 0.15) is 42.5 Å². The first-order chi connectivity index (χ1) is 11.5. The van der Waals surface area contributed by atoms with Crippen LogP contribution in [0.5, 0.6) is 0 Å². The third-order valence-electron chi connectivity index (χ3n) is 4.10. The number of hydroxylamine groups is 2. The van der Waals surface area contributed by atoms with Crippen molar-refractivity contribution in [2.24, 2.45) is 0 Å². The molecule has 7 heteroatoms. The summed E-state index contributed by atoms with van der Waals surface area (Å²) in [6.07, 6.45) is 0. The third-order valence-corrected chi connectivity index (χ3v) is 4.10. The van der Waals surface area contributed by atoms with E-state index in [0.717, 1.165) is 11.3 Å². The van der Waals surface area contributed by atoms with Crippen LogP contribution in [0.25, 0.3) is 11.1 Å². The van der Waals surface area contributed by atoms with Crippen LogP contribution in [0.15, 0.2) is 34.7 Å². The number of rotatable bonds is 2. The quantitative estimate of drug-likeness (QED) is 0.732. The number of benzene rings is 1. The summed E-state index contributed by atoms with van der Waals surface area (Å²) < 4.78 is 5.51. The van der Waals surface area contributed by atoms with E-state index in [0.29, 0.717) is 16.2 Å². The van der Waals surface area contributed by atoms with Crippen LogP contribution in [0.4, 0.5) is 0 Å². The number of carbonyl (C=O) groups excluding carboxylic acids is 3. The van der Waals surface area contributed by atoms with E-state index in [4.69, 9.17) is 9.25 Å². The molecule has 120 valence electrons. The lowest BCUT2D eigenvalue weighted by molar-refractivity contribution is -0.0587. The number of H-pyrrole nitrogens is 1. The smallest absolute Gasteiger partial charge is 0.380 e. The molecule has 2 aromatic heterocycles. The predicted molar refractivity (Wildman–Crippen MR) is 82.4 cm³/mol. The molecule has 2 amide bonds. The number of hydrogen-bond acceptors (Lipinski definition) is 5. The molecule has 0 spiro atoms. The summed E-state index contributed by atoms with van der Waals surface area (Å²) >= 11 is 0. The molecule has 0 saturated carbocycles. The third kappa shape index (κ3) is 1.88. The molecule has 3 aromatic rings. The number of nitrogens with zero attached hydrogens (tertiary/aromatic N) is 1. The summed E-state index contributed by atoms with van der Waals surface area (Å²) in [6.45, 7) is 3.68. The van der Waals surface area contributed by atoms with Gasteiger partial charge in [-0.2, -0.15) is 0 Å². The highest BCUT2D eigenvalue weighted by Gasteiger charge is 2.39. The molecule has 0 aliphatic carbocycles. The van der Waals surface area contributed by atoms with Gasteiger partial charge in [0, 0.05) is 11.6 Å². The van der Waals surface area contributed by atoms with Crippen LogP contribution < -0.4 is 0 Å². The molecule has 1 aromatic carbocycles. The fourth-order valence-corrected chi connectivity index (χ4v) is 2.70. The molecule has 7 nitrogen and oxygen atoms in total. The van der Waals surface area contributed by atoms with E-state index < -0.39 is 17.8 Å². The van der Waals surface area contributed by atoms with E-state index in [1.54, 1.807) is 12.1 Å². The summed E-state index contributed by atoms with van der Waals surface area (Å²) in [7, 11) is 0. The van der Waals surface area contributed by atoms with E-state index in [1.807, 2.05) is 13.8 Å². The number of hydrogen-bond donors (Lipinski definition) is 1. The van der Waals surface area contributed by atoms with Gasteiger partial charge in [-0.15, -0.1) is 0 Å². The fraction of sp³-hybridized carbons (Fsp3) is 0.118. The Morgan fingerprint density at radius 1 is 1.12 bits per heavy atom. The summed E-state index contributed by atoms with van der Waals surface area (Å²) in [5.74, 6) is -1.41. The van der Waals surface area contributed by atoms with Crippen molar-refractivity contribution in [3.63, 3.8) is 0 Å². The minimum atomic E-state index is -0.840. The molecule has 0 radical (unpaired) electrons. The number of amides is 2. The standard InChI is InChI=1S/C17H12N2O5/c1-8-9(2)23-13-7-12(18-14(8)13)17(22)24-19-15(20)10-5-3-4-6-11(10)16(19)21/h3-7,18H,1-2H3. The molecule has 0 fully saturated rings. The average molecular weight is 324 g/mol. The summed E-state index contributed by atoms with van der Waals surface area (Å²) in [6, 6.07) is 7.78. The van der Waals surface area contributed by atoms with Crippen molar-refractivity contribution >= 4 is 28.9 Å². The van der Waals surface area contributed by atoms with Crippen molar-refractivity contribution in [2.75, 3.05) is 0 Å². The van der Waals surface area contributed by atoms with E-state index in [1.165, 1.54) is 18.2 Å². The van der Waals surface area contributed by atoms with Gasteiger partial charge in [0.2, 0.25) is 0 Å². The predicted octanol–water partition coefficient (Wildman–Crippen LogP) is 2.75. The van der Waals surface area contributed by atoms with E-state index >= 15 is 0 Å². The maximum Gasteiger partial charge on any atom is 0.380 e. The Bertz CT molecular complexity index is 992. The molecule has 3 heterocycles. The Labute approximate surface area is 135 Å². The average Bonchev–Trinajstić information content (AvgIpc) is 3.18. The Morgan fingerprint density at radius 3 is 2.33 bits per heavy atom. The maximum atomic E-state index is 12.3. The number of aromatic nitrogens is 1. The Kier molecular flexibility index (Phi) is 2.86. The SMILES string of the molecule is Cc1oc2cc(C(=O)ON3C(=O)c4ccccc4C3=O)[nH]c2c1C.